The molecule has 11 nitrogen and oxygen atoms in total. The van der Waals surface area contributed by atoms with Gasteiger partial charge in [-0.2, -0.15) is 4.73 Å². The molecule has 11 heteroatoms. The minimum Gasteiger partial charge on any atom is -0.417 e. The molecule has 0 saturated carbocycles. The molecule has 1 aromatic heterocycles. The van der Waals surface area contributed by atoms with Crippen molar-refractivity contribution in [1.29, 1.82) is 0 Å². The normalized spacial score (nSPS) is 23.7. The Morgan fingerprint density at radius 3 is 2.43 bits per heavy atom. The minimum atomic E-state index is -1.01. The summed E-state index contributed by atoms with van der Waals surface area (Å²) in [4.78, 5) is 74.0. The molecule has 2 saturated heterocycles. The molecule has 0 aliphatic carbocycles. The SMILES string of the molecule is CCC(=O)CCCCCC1NC(=O)C2CCCN2C(=O)C(C(C)CC)NC(=O)C(Cc2cn(OC)c3ccccc23)NC1=O. The molecule has 5 atom stereocenters. The van der Waals surface area contributed by atoms with E-state index in [0.29, 0.717) is 57.9 Å². The van der Waals surface area contributed by atoms with Crippen LogP contribution in [0, 0.1) is 5.92 Å². The van der Waals surface area contributed by atoms with E-state index in [-0.39, 0.29) is 29.9 Å². The van der Waals surface area contributed by atoms with Crippen LogP contribution in [0.4, 0.5) is 0 Å². The van der Waals surface area contributed by atoms with Gasteiger partial charge in [0.2, 0.25) is 23.6 Å². The third-order valence-corrected chi connectivity index (χ3v) is 9.11. The summed E-state index contributed by atoms with van der Waals surface area (Å²) < 4.78 is 1.62. The summed E-state index contributed by atoms with van der Waals surface area (Å²) in [5, 5.41) is 9.69. The highest BCUT2D eigenvalue weighted by atomic mass is 16.6. The number of nitrogens with zero attached hydrogens (tertiary/aromatic N) is 2. The lowest BCUT2D eigenvalue weighted by molar-refractivity contribution is -0.144. The summed E-state index contributed by atoms with van der Waals surface area (Å²) in [6, 6.07) is 4.21. The molecule has 2 aliphatic rings. The van der Waals surface area contributed by atoms with Crippen molar-refractivity contribution in [3.8, 4) is 0 Å². The van der Waals surface area contributed by atoms with E-state index < -0.39 is 36.0 Å². The fourth-order valence-corrected chi connectivity index (χ4v) is 6.21. The predicted octanol–water partition coefficient (Wildman–Crippen LogP) is 2.68. The van der Waals surface area contributed by atoms with Crippen LogP contribution in [0.1, 0.15) is 84.1 Å². The predicted molar refractivity (Wildman–Crippen MR) is 167 cm³/mol. The Morgan fingerprint density at radius 1 is 0.977 bits per heavy atom. The summed E-state index contributed by atoms with van der Waals surface area (Å²) in [7, 11) is 1.56. The van der Waals surface area contributed by atoms with Crippen LogP contribution in [0.15, 0.2) is 30.5 Å². The lowest BCUT2D eigenvalue weighted by Gasteiger charge is -2.34. The molecule has 5 unspecified atom stereocenters. The fourth-order valence-electron chi connectivity index (χ4n) is 6.21. The number of fused-ring (bicyclic) bond motifs is 2. The van der Waals surface area contributed by atoms with Gasteiger partial charge in [0.25, 0.3) is 0 Å². The van der Waals surface area contributed by atoms with Crippen molar-refractivity contribution in [2.24, 2.45) is 5.92 Å². The summed E-state index contributed by atoms with van der Waals surface area (Å²) in [5.74, 6) is -1.51. The summed E-state index contributed by atoms with van der Waals surface area (Å²) in [6.07, 6.45) is 7.18. The molecule has 0 spiro atoms. The van der Waals surface area contributed by atoms with Crippen LogP contribution < -0.4 is 20.8 Å². The third-order valence-electron chi connectivity index (χ3n) is 9.11. The van der Waals surface area contributed by atoms with Crippen molar-refractivity contribution in [2.45, 2.75) is 109 Å². The first-order chi connectivity index (χ1) is 21.2. The molecule has 2 fully saturated rings. The second-order valence-corrected chi connectivity index (χ2v) is 12.1. The Kier molecular flexibility index (Phi) is 11.4. The number of ketones is 1. The maximum absolute atomic E-state index is 14.0. The van der Waals surface area contributed by atoms with Crippen LogP contribution in [-0.4, -0.2) is 76.9 Å². The standard InChI is InChI=1S/C33H47N5O6/c1-5-21(3)29-33(43)37-18-12-17-28(37)32(42)34-25(15-9-7-8-13-23(39)6-2)30(40)35-26(31(41)36-29)19-22-20-38(44-4)27-16-11-10-14-24(22)27/h10-11,14,16,20-21,25-26,28-29H,5-9,12-13,15,17-19H2,1-4H3,(H,34,42)(H,35,40)(H,36,41). The Balaban J connectivity index is 1.65. The van der Waals surface area contributed by atoms with Crippen LogP contribution in [0.25, 0.3) is 10.9 Å². The van der Waals surface area contributed by atoms with Gasteiger partial charge in [0.15, 0.2) is 0 Å². The Morgan fingerprint density at radius 2 is 1.70 bits per heavy atom. The van der Waals surface area contributed by atoms with Gasteiger partial charge in [0, 0.05) is 37.4 Å². The van der Waals surface area contributed by atoms with Gasteiger partial charge in [-0.05, 0) is 43.2 Å². The first-order valence-corrected chi connectivity index (χ1v) is 16.0. The number of para-hydroxylation sites is 1. The number of carbonyl (C=O) groups excluding carboxylic acids is 5. The average Bonchev–Trinajstić information content (AvgIpc) is 3.66. The van der Waals surface area contributed by atoms with Gasteiger partial charge < -0.3 is 25.7 Å². The molecule has 44 heavy (non-hydrogen) atoms. The maximum Gasteiger partial charge on any atom is 0.246 e. The molecule has 240 valence electrons. The van der Waals surface area contributed by atoms with E-state index in [2.05, 4.69) is 16.0 Å². The maximum atomic E-state index is 14.0. The fraction of sp³-hybridized carbons (Fsp3) is 0.606. The Hall–Kier alpha value is -3.89. The number of benzene rings is 1. The van der Waals surface area contributed by atoms with E-state index in [1.807, 2.05) is 45.0 Å². The number of nitrogens with one attached hydrogen (secondary N) is 3. The van der Waals surface area contributed by atoms with Gasteiger partial charge in [-0.15, -0.1) is 0 Å². The highest BCUT2D eigenvalue weighted by Gasteiger charge is 2.41. The molecular formula is C33H47N5O6. The molecule has 1 aromatic carbocycles. The number of amides is 4. The van der Waals surface area contributed by atoms with E-state index in [1.54, 1.807) is 22.9 Å². The number of unbranched alkanes of at least 4 members (excludes halogenated alkanes) is 2. The molecule has 2 aromatic rings. The summed E-state index contributed by atoms with van der Waals surface area (Å²) in [5.41, 5.74) is 1.62. The van der Waals surface area contributed by atoms with Crippen LogP contribution in [0.5, 0.6) is 0 Å². The van der Waals surface area contributed by atoms with E-state index in [4.69, 9.17) is 4.84 Å². The van der Waals surface area contributed by atoms with Crippen LogP contribution >= 0.6 is 0 Å². The van der Waals surface area contributed by atoms with E-state index in [9.17, 15) is 24.0 Å². The van der Waals surface area contributed by atoms with Crippen LogP contribution in [0.3, 0.4) is 0 Å². The first-order valence-electron chi connectivity index (χ1n) is 16.0. The zero-order valence-corrected chi connectivity index (χ0v) is 26.4. The minimum absolute atomic E-state index is 0.155. The van der Waals surface area contributed by atoms with Crippen LogP contribution in [0.2, 0.25) is 0 Å². The highest BCUT2D eigenvalue weighted by molar-refractivity contribution is 5.98. The zero-order valence-electron chi connectivity index (χ0n) is 26.4. The van der Waals surface area contributed by atoms with Crippen molar-refractivity contribution in [1.82, 2.24) is 25.6 Å². The number of aromatic nitrogens is 1. The topological polar surface area (TPSA) is 139 Å². The molecular weight excluding hydrogens is 562 g/mol. The van der Waals surface area contributed by atoms with Crippen molar-refractivity contribution in [2.75, 3.05) is 13.7 Å². The second-order valence-electron chi connectivity index (χ2n) is 12.1. The molecule has 3 heterocycles. The molecule has 0 radical (unpaired) electrons. The smallest absolute Gasteiger partial charge is 0.246 e. The van der Waals surface area contributed by atoms with E-state index >= 15 is 0 Å². The second kappa shape index (κ2) is 15.2. The first kappa shape index (κ1) is 33.0. The van der Waals surface area contributed by atoms with Crippen molar-refractivity contribution >= 4 is 40.3 Å². The number of carbonyl (C=O) groups is 5. The number of Topliss-reactive ketones (excluding diaryl/α,β-unsaturated/α-hetero) is 1. The van der Waals surface area contributed by atoms with Gasteiger partial charge in [-0.25, -0.2) is 0 Å². The van der Waals surface area contributed by atoms with E-state index in [1.165, 1.54) is 0 Å². The molecule has 3 N–H and O–H groups in total. The summed E-state index contributed by atoms with van der Waals surface area (Å²) >= 11 is 0. The molecule has 0 bridgehead atoms. The highest BCUT2D eigenvalue weighted by Crippen LogP contribution is 2.24. The average molecular weight is 610 g/mol. The van der Waals surface area contributed by atoms with Gasteiger partial charge in [0.1, 0.15) is 37.1 Å². The monoisotopic (exact) mass is 609 g/mol. The summed E-state index contributed by atoms with van der Waals surface area (Å²) in [6.45, 7) is 6.12. The quantitative estimate of drug-likeness (QED) is 0.317. The van der Waals surface area contributed by atoms with Crippen molar-refractivity contribution < 1.29 is 28.8 Å². The van der Waals surface area contributed by atoms with Gasteiger partial charge >= 0.3 is 0 Å². The largest absolute Gasteiger partial charge is 0.417 e. The van der Waals surface area contributed by atoms with Crippen molar-refractivity contribution in [3.63, 3.8) is 0 Å². The Labute approximate surface area is 259 Å². The third kappa shape index (κ3) is 7.60. The number of rotatable bonds is 12. The van der Waals surface area contributed by atoms with Gasteiger partial charge in [-0.3, -0.25) is 24.0 Å². The number of hydrogen-bond acceptors (Lipinski definition) is 6. The zero-order chi connectivity index (χ0) is 31.8. The molecule has 4 amide bonds. The lowest BCUT2D eigenvalue weighted by Crippen LogP contribution is -2.62. The van der Waals surface area contributed by atoms with Crippen LogP contribution in [-0.2, 0) is 30.4 Å². The number of hydrogen-bond donors (Lipinski definition) is 3. The molecule has 2 aliphatic heterocycles. The lowest BCUT2D eigenvalue weighted by atomic mass is 9.95. The van der Waals surface area contributed by atoms with Gasteiger partial charge in [0.05, 0.1) is 5.52 Å². The Bertz CT molecular complexity index is 1360. The van der Waals surface area contributed by atoms with Gasteiger partial charge in [-0.1, -0.05) is 58.2 Å². The van der Waals surface area contributed by atoms with Crippen molar-refractivity contribution in [3.05, 3.63) is 36.0 Å². The molecule has 4 rings (SSSR count). The van der Waals surface area contributed by atoms with E-state index in [0.717, 1.165) is 22.9 Å².